The van der Waals surface area contributed by atoms with Gasteiger partial charge in [-0.2, -0.15) is 5.26 Å². The van der Waals surface area contributed by atoms with Crippen molar-refractivity contribution in [3.63, 3.8) is 0 Å². The highest BCUT2D eigenvalue weighted by molar-refractivity contribution is 6.33. The fraction of sp³-hybridized carbons (Fsp3) is 0.125. The summed E-state index contributed by atoms with van der Waals surface area (Å²) in [4.78, 5) is 11.6. The van der Waals surface area contributed by atoms with Crippen molar-refractivity contribution in [3.05, 3.63) is 52.8 Å². The largest absolute Gasteiger partial charge is 0.460 e. The van der Waals surface area contributed by atoms with E-state index in [2.05, 4.69) is 0 Å². The van der Waals surface area contributed by atoms with E-state index in [0.29, 0.717) is 16.5 Å². The molecule has 0 N–H and O–H groups in total. The number of alkyl halides is 1. The molecule has 0 aliphatic carbocycles. The monoisotopic (exact) mass is 335 g/mol. The van der Waals surface area contributed by atoms with Crippen LogP contribution in [0.1, 0.15) is 5.76 Å². The fourth-order valence-corrected chi connectivity index (χ4v) is 2.03. The van der Waals surface area contributed by atoms with Gasteiger partial charge in [-0.05, 0) is 24.3 Å². The van der Waals surface area contributed by atoms with E-state index < -0.39 is 5.97 Å². The van der Waals surface area contributed by atoms with Crippen molar-refractivity contribution >= 4 is 35.2 Å². The Morgan fingerprint density at radius 1 is 1.32 bits per heavy atom. The number of carbonyl (C=O) groups is 1. The van der Waals surface area contributed by atoms with E-state index in [0.717, 1.165) is 5.56 Å². The Morgan fingerprint density at radius 2 is 2.09 bits per heavy atom. The van der Waals surface area contributed by atoms with Gasteiger partial charge in [-0.25, -0.2) is 4.79 Å². The van der Waals surface area contributed by atoms with Crippen LogP contribution in [0.25, 0.3) is 17.4 Å². The van der Waals surface area contributed by atoms with Crippen molar-refractivity contribution in [3.8, 4) is 17.4 Å². The van der Waals surface area contributed by atoms with E-state index in [-0.39, 0.29) is 18.1 Å². The molecule has 0 atom stereocenters. The zero-order valence-corrected chi connectivity index (χ0v) is 12.9. The Kier molecular flexibility index (Phi) is 5.65. The molecule has 0 saturated heterocycles. The molecule has 6 heteroatoms. The number of ether oxygens (including phenoxy) is 1. The van der Waals surface area contributed by atoms with Crippen LogP contribution < -0.4 is 0 Å². The number of carbonyl (C=O) groups excluding carboxylic acids is 1. The summed E-state index contributed by atoms with van der Waals surface area (Å²) in [7, 11) is 0. The first-order valence-electron chi connectivity index (χ1n) is 6.35. The lowest BCUT2D eigenvalue weighted by atomic mass is 10.2. The molecule has 0 spiro atoms. The highest BCUT2D eigenvalue weighted by Crippen LogP contribution is 2.29. The van der Waals surface area contributed by atoms with E-state index in [1.807, 2.05) is 18.2 Å². The van der Waals surface area contributed by atoms with Gasteiger partial charge in [0.05, 0.1) is 10.9 Å². The van der Waals surface area contributed by atoms with Crippen LogP contribution in [-0.2, 0) is 9.53 Å². The Hall–Kier alpha value is -2.22. The Bertz CT molecular complexity index is 744. The topological polar surface area (TPSA) is 63.2 Å². The zero-order chi connectivity index (χ0) is 15.9. The van der Waals surface area contributed by atoms with Gasteiger partial charge in [-0.3, -0.25) is 0 Å². The third kappa shape index (κ3) is 3.91. The standard InChI is InChI=1S/C16H11Cl2NO3/c17-7-8-21-16(20)11(10-19)9-12-5-6-15(22-12)13-3-1-2-4-14(13)18/h1-6,9H,7-8H2. The molecule has 4 nitrogen and oxygen atoms in total. The highest BCUT2D eigenvalue weighted by atomic mass is 35.5. The van der Waals surface area contributed by atoms with Crippen LogP contribution in [0, 0.1) is 11.3 Å². The summed E-state index contributed by atoms with van der Waals surface area (Å²) < 4.78 is 10.4. The molecule has 2 aromatic rings. The van der Waals surface area contributed by atoms with Crippen LogP contribution in [0.2, 0.25) is 5.02 Å². The van der Waals surface area contributed by atoms with E-state index in [4.69, 9.17) is 37.6 Å². The molecular formula is C16H11Cl2NO3. The zero-order valence-electron chi connectivity index (χ0n) is 11.4. The number of hydrogen-bond acceptors (Lipinski definition) is 4. The minimum Gasteiger partial charge on any atom is -0.460 e. The number of hydrogen-bond donors (Lipinski definition) is 0. The SMILES string of the molecule is N#CC(=Cc1ccc(-c2ccccc2Cl)o1)C(=O)OCCCl. The van der Waals surface area contributed by atoms with Gasteiger partial charge in [0.2, 0.25) is 0 Å². The second-order valence-corrected chi connectivity index (χ2v) is 4.96. The fourth-order valence-electron chi connectivity index (χ4n) is 1.72. The van der Waals surface area contributed by atoms with Crippen LogP contribution in [0.3, 0.4) is 0 Å². The molecule has 112 valence electrons. The van der Waals surface area contributed by atoms with Gasteiger partial charge < -0.3 is 9.15 Å². The van der Waals surface area contributed by atoms with Gasteiger partial charge in [0, 0.05) is 11.6 Å². The van der Waals surface area contributed by atoms with Gasteiger partial charge >= 0.3 is 5.97 Å². The van der Waals surface area contributed by atoms with Gasteiger partial charge in [0.15, 0.2) is 0 Å². The molecule has 1 heterocycles. The smallest absolute Gasteiger partial charge is 0.349 e. The Balaban J connectivity index is 2.24. The van der Waals surface area contributed by atoms with Crippen molar-refractivity contribution in [1.82, 2.24) is 0 Å². The Labute approximate surface area is 137 Å². The molecule has 0 aliphatic rings. The third-order valence-corrected chi connectivity index (χ3v) is 3.19. The molecule has 1 aromatic heterocycles. The van der Waals surface area contributed by atoms with Crippen molar-refractivity contribution in [2.75, 3.05) is 12.5 Å². The van der Waals surface area contributed by atoms with Crippen LogP contribution in [-0.4, -0.2) is 18.5 Å². The van der Waals surface area contributed by atoms with E-state index in [9.17, 15) is 4.79 Å². The maximum absolute atomic E-state index is 11.6. The lowest BCUT2D eigenvalue weighted by Crippen LogP contribution is -2.08. The second-order valence-electron chi connectivity index (χ2n) is 4.18. The van der Waals surface area contributed by atoms with Gasteiger partial charge in [-0.1, -0.05) is 23.7 Å². The van der Waals surface area contributed by atoms with Crippen LogP contribution in [0.4, 0.5) is 0 Å². The molecule has 22 heavy (non-hydrogen) atoms. The summed E-state index contributed by atoms with van der Waals surface area (Å²) in [5.41, 5.74) is 0.567. The van der Waals surface area contributed by atoms with Crippen LogP contribution >= 0.6 is 23.2 Å². The first kappa shape index (κ1) is 16.2. The number of halogens is 2. The predicted molar refractivity (Wildman–Crippen MR) is 84.4 cm³/mol. The van der Waals surface area contributed by atoms with E-state index in [1.165, 1.54) is 6.08 Å². The number of nitriles is 1. The molecule has 0 aliphatic heterocycles. The minimum atomic E-state index is -0.737. The summed E-state index contributed by atoms with van der Waals surface area (Å²) in [6.07, 6.45) is 1.32. The average Bonchev–Trinajstić information content (AvgIpc) is 2.99. The van der Waals surface area contributed by atoms with Crippen molar-refractivity contribution in [1.29, 1.82) is 5.26 Å². The molecule has 0 bridgehead atoms. The van der Waals surface area contributed by atoms with Gasteiger partial charge in [-0.15, -0.1) is 11.6 Å². The summed E-state index contributed by atoms with van der Waals surface area (Å²) in [6, 6.07) is 12.4. The van der Waals surface area contributed by atoms with E-state index in [1.54, 1.807) is 24.3 Å². The number of furan rings is 1. The molecular weight excluding hydrogens is 325 g/mol. The number of rotatable bonds is 5. The lowest BCUT2D eigenvalue weighted by molar-refractivity contribution is -0.137. The van der Waals surface area contributed by atoms with Crippen molar-refractivity contribution in [2.24, 2.45) is 0 Å². The summed E-state index contributed by atoms with van der Waals surface area (Å²) in [6.45, 7) is 0.0441. The van der Waals surface area contributed by atoms with Crippen molar-refractivity contribution < 1.29 is 13.9 Å². The lowest BCUT2D eigenvalue weighted by Gasteiger charge is -2.00. The average molecular weight is 336 g/mol. The van der Waals surface area contributed by atoms with Crippen LogP contribution in [0.15, 0.2) is 46.4 Å². The van der Waals surface area contributed by atoms with Gasteiger partial charge in [0.1, 0.15) is 29.8 Å². The second kappa shape index (κ2) is 7.69. The number of nitrogens with zero attached hydrogens (tertiary/aromatic N) is 1. The first-order chi connectivity index (χ1) is 10.7. The molecule has 0 fully saturated rings. The molecule has 1 aromatic carbocycles. The maximum atomic E-state index is 11.6. The maximum Gasteiger partial charge on any atom is 0.349 e. The Morgan fingerprint density at radius 3 is 2.77 bits per heavy atom. The first-order valence-corrected chi connectivity index (χ1v) is 7.26. The van der Waals surface area contributed by atoms with E-state index >= 15 is 0 Å². The van der Waals surface area contributed by atoms with Gasteiger partial charge in [0.25, 0.3) is 0 Å². The number of esters is 1. The quantitative estimate of drug-likeness (QED) is 0.354. The molecule has 2 rings (SSSR count). The summed E-state index contributed by atoms with van der Waals surface area (Å²) in [5.74, 6) is 0.332. The van der Waals surface area contributed by atoms with Crippen LogP contribution in [0.5, 0.6) is 0 Å². The normalized spacial score (nSPS) is 11.0. The number of benzene rings is 1. The summed E-state index contributed by atoms with van der Waals surface area (Å²) in [5, 5.41) is 9.56. The third-order valence-electron chi connectivity index (χ3n) is 2.70. The minimum absolute atomic E-state index is 0.0441. The molecule has 0 radical (unpaired) electrons. The summed E-state index contributed by atoms with van der Waals surface area (Å²) >= 11 is 11.5. The highest BCUT2D eigenvalue weighted by Gasteiger charge is 2.13. The molecule has 0 amide bonds. The predicted octanol–water partition coefficient (Wildman–Crippen LogP) is 4.29. The van der Waals surface area contributed by atoms with Crippen molar-refractivity contribution in [2.45, 2.75) is 0 Å². The molecule has 0 saturated carbocycles. The molecule has 0 unspecified atom stereocenters.